The molecule has 5 heteroatoms. The first-order chi connectivity index (χ1) is 18.3. The van der Waals surface area contributed by atoms with E-state index in [0.29, 0.717) is 5.71 Å². The maximum atomic E-state index is 13.0. The van der Waals surface area contributed by atoms with Crippen LogP contribution in [0.4, 0.5) is 0 Å². The van der Waals surface area contributed by atoms with E-state index in [-0.39, 0.29) is 5.97 Å². The highest BCUT2D eigenvalue weighted by atomic mass is 16.7. The zero-order chi connectivity index (χ0) is 26.9. The van der Waals surface area contributed by atoms with Crippen LogP contribution in [0.1, 0.15) is 69.2 Å². The number of carbonyl (C=O) groups is 1. The van der Waals surface area contributed by atoms with E-state index in [1.165, 1.54) is 44.9 Å². The first-order valence-corrected chi connectivity index (χ1v) is 13.9. The minimum Gasteiger partial charge on any atom is -0.341 e. The van der Waals surface area contributed by atoms with Crippen LogP contribution >= 0.6 is 0 Å². The minimum absolute atomic E-state index is 0.303. The van der Waals surface area contributed by atoms with E-state index in [4.69, 9.17) is 4.84 Å². The number of fused-ring (bicyclic) bond motifs is 3. The largest absolute Gasteiger partial charge is 0.354 e. The zero-order valence-corrected chi connectivity index (χ0v) is 23.4. The molecule has 3 aromatic carbocycles. The average molecular weight is 510 g/mol. The Bertz CT molecular complexity index is 1510. The molecule has 0 N–H and O–H groups in total. The molecule has 2 heterocycles. The highest BCUT2D eigenvalue weighted by molar-refractivity contribution is 6.11. The topological polar surface area (TPSA) is 46.8 Å². The summed E-state index contributed by atoms with van der Waals surface area (Å²) in [5.74, 6) is -0.303. The van der Waals surface area contributed by atoms with E-state index < -0.39 is 5.54 Å². The van der Waals surface area contributed by atoms with Crippen LogP contribution in [-0.4, -0.2) is 39.8 Å². The second-order valence-corrected chi connectivity index (χ2v) is 11.1. The number of nitrogens with zero attached hydrogens (tertiary/aromatic N) is 3. The van der Waals surface area contributed by atoms with Gasteiger partial charge in [-0.15, -0.1) is 0 Å². The van der Waals surface area contributed by atoms with Gasteiger partial charge in [-0.25, -0.2) is 4.79 Å². The molecule has 1 aliphatic heterocycles. The summed E-state index contributed by atoms with van der Waals surface area (Å²) in [6.45, 7) is 12.9. The predicted octanol–water partition coefficient (Wildman–Crippen LogP) is 7.25. The lowest BCUT2D eigenvalue weighted by atomic mass is 9.99. The van der Waals surface area contributed by atoms with Crippen molar-refractivity contribution in [3.63, 3.8) is 0 Å². The van der Waals surface area contributed by atoms with Gasteiger partial charge in [0.15, 0.2) is 0 Å². The highest BCUT2D eigenvalue weighted by Crippen LogP contribution is 2.32. The van der Waals surface area contributed by atoms with Crippen LogP contribution in [0.5, 0.6) is 0 Å². The fourth-order valence-electron chi connectivity index (χ4n) is 5.71. The molecule has 1 fully saturated rings. The summed E-state index contributed by atoms with van der Waals surface area (Å²) in [7, 11) is 0. The van der Waals surface area contributed by atoms with Gasteiger partial charge in [-0.05, 0) is 113 Å². The number of aryl methyl sites for hydroxylation is 2. The van der Waals surface area contributed by atoms with Crippen LogP contribution < -0.4 is 0 Å². The molecule has 0 spiro atoms. The smallest absolute Gasteiger partial charge is 0.341 e. The molecule has 1 saturated heterocycles. The summed E-state index contributed by atoms with van der Waals surface area (Å²) in [5, 5.41) is 6.72. The van der Waals surface area contributed by atoms with Crippen LogP contribution in [0, 0.1) is 6.92 Å². The van der Waals surface area contributed by atoms with Gasteiger partial charge in [0, 0.05) is 28.4 Å². The van der Waals surface area contributed by atoms with Gasteiger partial charge in [-0.3, -0.25) is 4.90 Å². The summed E-state index contributed by atoms with van der Waals surface area (Å²) >= 11 is 0. The van der Waals surface area contributed by atoms with Crippen LogP contribution in [0.2, 0.25) is 0 Å². The number of oxime groups is 1. The third kappa shape index (κ3) is 5.00. The van der Waals surface area contributed by atoms with Gasteiger partial charge in [-0.1, -0.05) is 48.0 Å². The Morgan fingerprint density at radius 2 is 1.63 bits per heavy atom. The van der Waals surface area contributed by atoms with Crippen LogP contribution in [0.25, 0.3) is 21.8 Å². The number of carbonyl (C=O) groups excluding carboxylic acids is 1. The van der Waals surface area contributed by atoms with Crippen molar-refractivity contribution in [1.82, 2.24) is 9.47 Å². The van der Waals surface area contributed by atoms with Crippen molar-refractivity contribution in [2.45, 2.75) is 72.4 Å². The molecular weight excluding hydrogens is 470 g/mol. The van der Waals surface area contributed by atoms with Crippen LogP contribution in [-0.2, 0) is 22.6 Å². The van der Waals surface area contributed by atoms with Crippen molar-refractivity contribution in [1.29, 1.82) is 0 Å². The second-order valence-electron chi connectivity index (χ2n) is 11.1. The van der Waals surface area contributed by atoms with E-state index in [1.807, 2.05) is 20.8 Å². The van der Waals surface area contributed by atoms with Gasteiger partial charge >= 0.3 is 5.97 Å². The molecule has 0 unspecified atom stereocenters. The number of piperidine rings is 1. The van der Waals surface area contributed by atoms with Gasteiger partial charge in [0.2, 0.25) is 0 Å². The summed E-state index contributed by atoms with van der Waals surface area (Å²) < 4.78 is 2.36. The number of aromatic nitrogens is 1. The zero-order valence-electron chi connectivity index (χ0n) is 23.4. The van der Waals surface area contributed by atoms with Crippen molar-refractivity contribution in [3.05, 3.63) is 82.9 Å². The second kappa shape index (κ2) is 10.7. The lowest BCUT2D eigenvalue weighted by Crippen LogP contribution is -2.52. The van der Waals surface area contributed by atoms with Crippen molar-refractivity contribution in [2.75, 3.05) is 13.1 Å². The standard InChI is InChI=1S/C33H39N3O2/c1-6-36-30-16-14-25(20-26-13-9-8-12-23(26)2)21-28(30)29-22-27(15-17-31(29)36)24(3)34-38-32(37)33(4,5)35-18-10-7-11-19-35/h8-9,12-17,21-22H,6-7,10-11,18-20H2,1-5H3/b34-24+. The molecule has 0 aliphatic carbocycles. The number of benzene rings is 3. The maximum absolute atomic E-state index is 13.0. The van der Waals surface area contributed by atoms with Gasteiger partial charge in [0.25, 0.3) is 0 Å². The molecule has 0 atom stereocenters. The number of hydrogen-bond acceptors (Lipinski definition) is 4. The fraction of sp³-hybridized carbons (Fsp3) is 0.394. The molecule has 1 aliphatic rings. The molecule has 38 heavy (non-hydrogen) atoms. The van der Waals surface area contributed by atoms with Crippen molar-refractivity contribution < 1.29 is 9.63 Å². The van der Waals surface area contributed by atoms with Crippen LogP contribution in [0.3, 0.4) is 0 Å². The molecule has 5 rings (SSSR count). The molecule has 4 aromatic rings. The average Bonchev–Trinajstić information content (AvgIpc) is 3.25. The van der Waals surface area contributed by atoms with Crippen molar-refractivity contribution in [3.8, 4) is 0 Å². The third-order valence-electron chi connectivity index (χ3n) is 8.23. The van der Waals surface area contributed by atoms with E-state index in [0.717, 1.165) is 44.5 Å². The van der Waals surface area contributed by atoms with Gasteiger partial charge < -0.3 is 9.40 Å². The van der Waals surface area contributed by atoms with Crippen molar-refractivity contribution >= 4 is 33.5 Å². The van der Waals surface area contributed by atoms with Gasteiger partial charge in [-0.2, -0.15) is 0 Å². The monoisotopic (exact) mass is 509 g/mol. The van der Waals surface area contributed by atoms with Gasteiger partial charge in [0.1, 0.15) is 5.54 Å². The Morgan fingerprint density at radius 3 is 2.34 bits per heavy atom. The molecule has 5 nitrogen and oxygen atoms in total. The Morgan fingerprint density at radius 1 is 0.947 bits per heavy atom. The third-order valence-corrected chi connectivity index (χ3v) is 8.23. The molecule has 0 radical (unpaired) electrons. The first kappa shape index (κ1) is 26.2. The Balaban J connectivity index is 1.45. The lowest BCUT2D eigenvalue weighted by Gasteiger charge is -2.38. The molecule has 198 valence electrons. The molecular formula is C33H39N3O2. The Kier molecular flexibility index (Phi) is 7.40. The van der Waals surface area contributed by atoms with E-state index in [1.54, 1.807) is 0 Å². The molecule has 0 bridgehead atoms. The minimum atomic E-state index is -0.684. The summed E-state index contributed by atoms with van der Waals surface area (Å²) in [4.78, 5) is 20.7. The molecule has 0 saturated carbocycles. The number of likely N-dealkylation sites (tertiary alicyclic amines) is 1. The quantitative estimate of drug-likeness (QED) is 0.150. The fourth-order valence-corrected chi connectivity index (χ4v) is 5.71. The Labute approximate surface area is 226 Å². The normalized spacial score (nSPS) is 15.3. The summed E-state index contributed by atoms with van der Waals surface area (Å²) in [5.41, 5.74) is 7.37. The summed E-state index contributed by atoms with van der Waals surface area (Å²) in [6.07, 6.45) is 4.38. The predicted molar refractivity (Wildman–Crippen MR) is 157 cm³/mol. The van der Waals surface area contributed by atoms with Crippen molar-refractivity contribution in [2.24, 2.45) is 5.16 Å². The lowest BCUT2D eigenvalue weighted by molar-refractivity contribution is -0.157. The molecule has 0 amide bonds. The van der Waals surface area contributed by atoms with E-state index in [2.05, 4.69) is 89.1 Å². The number of hydrogen-bond donors (Lipinski definition) is 0. The molecule has 1 aromatic heterocycles. The van der Waals surface area contributed by atoms with Crippen LogP contribution in [0.15, 0.2) is 65.8 Å². The number of rotatable bonds is 7. The SMILES string of the molecule is CCn1c2ccc(Cc3ccccc3C)cc2c2cc(/C(C)=N/OC(=O)C(C)(C)N3CCCCC3)ccc21. The Hall–Kier alpha value is -3.44. The maximum Gasteiger partial charge on any atom is 0.354 e. The first-order valence-electron chi connectivity index (χ1n) is 13.9. The summed E-state index contributed by atoms with van der Waals surface area (Å²) in [6, 6.07) is 21.8. The van der Waals surface area contributed by atoms with Gasteiger partial charge in [0.05, 0.1) is 5.71 Å². The van der Waals surface area contributed by atoms with E-state index in [9.17, 15) is 4.79 Å². The highest BCUT2D eigenvalue weighted by Gasteiger charge is 2.37. The van der Waals surface area contributed by atoms with E-state index >= 15 is 0 Å².